The Morgan fingerprint density at radius 1 is 0.404 bits per heavy atom. The largest absolute Gasteiger partial charge is 0.0871 e. The summed E-state index contributed by atoms with van der Waals surface area (Å²) in [5, 5.41) is 0. The standard InChI is InChI=1S/C18H20.2C9H10.C2H6.2CH4.6Ar.V/c1-13-17(15-9-5-3-6-10-15)14(2)18(13)16-11-7-4-8-12-16;2*1-2-6-9-7-4-3-5-8-9;1-2;;;;;;;;;/h3-14,17-18H,1-2H3;2*2-8H,1H3;1-2H3;2*1H4;;;;;;;/b;2*6-2+;;;;;;;;;;. The van der Waals surface area contributed by atoms with E-state index in [0.717, 1.165) is 23.7 Å². The molecule has 5 rings (SSSR count). The molecular weight excluding hydrogens is 771 g/mol. The molecule has 1 fully saturated rings. The van der Waals surface area contributed by atoms with Crippen LogP contribution in [0.3, 0.4) is 0 Å². The third kappa shape index (κ3) is 26.9. The zero-order valence-corrected chi connectivity index (χ0v) is 32.4. The molecule has 0 heterocycles. The van der Waals surface area contributed by atoms with Crippen LogP contribution in [0.5, 0.6) is 0 Å². The van der Waals surface area contributed by atoms with Gasteiger partial charge in [-0.3, -0.25) is 0 Å². The van der Waals surface area contributed by atoms with Crippen molar-refractivity contribution >= 4 is 12.2 Å². The molecule has 0 bridgehead atoms. The molecule has 1 aliphatic carbocycles. The minimum atomic E-state index is 0. The van der Waals surface area contributed by atoms with Gasteiger partial charge in [-0.05, 0) is 59.8 Å². The zero-order chi connectivity index (χ0) is 27.6. The molecule has 4 aromatic rings. The molecule has 1 saturated carbocycles. The van der Waals surface area contributed by atoms with E-state index in [-0.39, 0.29) is 260 Å². The van der Waals surface area contributed by atoms with Gasteiger partial charge in [0.05, 0.1) is 0 Å². The maximum Gasteiger partial charge on any atom is 0 e. The predicted octanol–water partition coefficient (Wildman–Crippen LogP) is 12.6. The molecule has 0 N–H and O–H groups in total. The van der Waals surface area contributed by atoms with E-state index in [1.54, 1.807) is 0 Å². The second-order valence-electron chi connectivity index (χ2n) is 9.41. The van der Waals surface area contributed by atoms with E-state index in [2.05, 4.69) is 111 Å². The fourth-order valence-electron chi connectivity index (χ4n) is 5.34. The number of allylic oxidation sites excluding steroid dienone is 2. The Hall–Kier alpha value is 4.50. The smallest absolute Gasteiger partial charge is 0 e. The van der Waals surface area contributed by atoms with Crippen LogP contribution in [0.4, 0.5) is 0 Å². The van der Waals surface area contributed by atoms with Gasteiger partial charge in [-0.15, -0.1) is 0 Å². The molecule has 0 spiro atoms. The van der Waals surface area contributed by atoms with Crippen LogP contribution in [-0.4, -0.2) is 0 Å². The van der Waals surface area contributed by atoms with Gasteiger partial charge < -0.3 is 0 Å². The molecular formula is C40H54Ar6V. The van der Waals surface area contributed by atoms with Crippen LogP contribution in [0.15, 0.2) is 133 Å². The van der Waals surface area contributed by atoms with Crippen LogP contribution in [0.1, 0.15) is 90.5 Å². The van der Waals surface area contributed by atoms with Crippen LogP contribution < -0.4 is 0 Å². The van der Waals surface area contributed by atoms with Gasteiger partial charge in [-0.2, -0.15) is 0 Å². The fourth-order valence-corrected chi connectivity index (χ4v) is 5.34. The summed E-state index contributed by atoms with van der Waals surface area (Å²) >= 11 is 0. The average Bonchev–Trinajstić information content (AvgIpc) is 2.98. The van der Waals surface area contributed by atoms with Crippen LogP contribution in [0, 0.1) is 238 Å². The van der Waals surface area contributed by atoms with Gasteiger partial charge in [0.2, 0.25) is 0 Å². The van der Waals surface area contributed by atoms with E-state index >= 15 is 0 Å². The van der Waals surface area contributed by atoms with Crippen molar-refractivity contribution < 1.29 is 245 Å². The Labute approximate surface area is 482 Å². The number of hydrogen-bond acceptors (Lipinski definition) is 0. The molecule has 1 aliphatic rings. The van der Waals surface area contributed by atoms with Crippen molar-refractivity contribution in [2.75, 3.05) is 0 Å². The summed E-state index contributed by atoms with van der Waals surface area (Å²) < 4.78 is 0. The van der Waals surface area contributed by atoms with Gasteiger partial charge in [0.15, 0.2) is 0 Å². The van der Waals surface area contributed by atoms with Crippen molar-refractivity contribution in [3.63, 3.8) is 0 Å². The molecule has 47 heavy (non-hydrogen) atoms. The molecule has 0 nitrogen and oxygen atoms in total. The molecule has 0 saturated heterocycles. The first-order valence-corrected chi connectivity index (χ1v) is 14.1. The Balaban J connectivity index is -0.0000000771. The van der Waals surface area contributed by atoms with E-state index in [1.807, 2.05) is 76.2 Å². The predicted molar refractivity (Wildman–Crippen MR) is 184 cm³/mol. The third-order valence-corrected chi connectivity index (χ3v) is 6.95. The Morgan fingerprint density at radius 2 is 0.617 bits per heavy atom. The number of rotatable bonds is 4. The van der Waals surface area contributed by atoms with Gasteiger partial charge in [0.25, 0.3) is 0 Å². The SMILES string of the molecule is C.C.C/C=C/c1ccccc1.C/C=C/c1ccccc1.CC.CC1C(c2ccccc2)C(C)C1c1ccccc1.[Ar].[Ar].[Ar].[Ar].[Ar].[Ar].[V]. The summed E-state index contributed by atoms with van der Waals surface area (Å²) in [4.78, 5) is 0. The minimum absolute atomic E-state index is 0. The summed E-state index contributed by atoms with van der Waals surface area (Å²) in [5.41, 5.74) is 5.54. The topological polar surface area (TPSA) is 0 Å². The molecule has 0 atom stereocenters. The summed E-state index contributed by atoms with van der Waals surface area (Å²) in [6.07, 6.45) is 8.24. The second-order valence-corrected chi connectivity index (χ2v) is 9.41. The van der Waals surface area contributed by atoms with Gasteiger partial charge in [-0.1, -0.05) is 188 Å². The van der Waals surface area contributed by atoms with Crippen molar-refractivity contribution in [1.29, 1.82) is 0 Å². The Morgan fingerprint density at radius 3 is 0.830 bits per heavy atom. The van der Waals surface area contributed by atoms with Crippen LogP contribution in [-0.2, 0) is 18.6 Å². The Bertz CT molecular complexity index is 1090. The molecule has 0 amide bonds. The van der Waals surface area contributed by atoms with Crippen molar-refractivity contribution in [2.24, 2.45) is 11.8 Å². The van der Waals surface area contributed by atoms with Gasteiger partial charge in [0, 0.05) is 245 Å². The Kier molecular flexibility index (Phi) is 66.3. The molecule has 1 radical (unpaired) electrons. The average molecular weight is 826 g/mol. The van der Waals surface area contributed by atoms with Gasteiger partial charge >= 0.3 is 0 Å². The van der Waals surface area contributed by atoms with E-state index in [1.165, 1.54) is 22.3 Å². The zero-order valence-electron chi connectivity index (χ0n) is 26.7. The van der Waals surface area contributed by atoms with E-state index in [0.29, 0.717) is 0 Å². The molecule has 0 aromatic heterocycles. The number of benzene rings is 4. The summed E-state index contributed by atoms with van der Waals surface area (Å²) in [5.74, 6) is 2.92. The van der Waals surface area contributed by atoms with Crippen molar-refractivity contribution in [3.8, 4) is 0 Å². The van der Waals surface area contributed by atoms with Gasteiger partial charge in [0.1, 0.15) is 0 Å². The van der Waals surface area contributed by atoms with E-state index < -0.39 is 0 Å². The molecule has 0 unspecified atom stereocenters. The first kappa shape index (κ1) is 69.4. The third-order valence-electron chi connectivity index (χ3n) is 6.95. The van der Waals surface area contributed by atoms with Crippen LogP contribution in [0.2, 0.25) is 0 Å². The summed E-state index contributed by atoms with van der Waals surface area (Å²) in [7, 11) is 0. The van der Waals surface area contributed by atoms with Crippen molar-refractivity contribution in [1.82, 2.24) is 0 Å². The first-order valence-electron chi connectivity index (χ1n) is 14.1. The van der Waals surface area contributed by atoms with Gasteiger partial charge in [-0.25, -0.2) is 0 Å². The summed E-state index contributed by atoms with van der Waals surface area (Å²) in [6.45, 7) is 12.8. The maximum absolute atomic E-state index is 2.40. The molecule has 7 heteroatoms. The van der Waals surface area contributed by atoms with Crippen LogP contribution >= 0.6 is 0 Å². The van der Waals surface area contributed by atoms with E-state index in [9.17, 15) is 0 Å². The number of hydrogen-bond donors (Lipinski definition) is 0. The summed E-state index contributed by atoms with van der Waals surface area (Å²) in [6, 6.07) is 42.5. The first-order chi connectivity index (χ1) is 18.7. The quantitative estimate of drug-likeness (QED) is 0.192. The van der Waals surface area contributed by atoms with E-state index in [4.69, 9.17) is 0 Å². The minimum Gasteiger partial charge on any atom is -0.0871 e. The maximum atomic E-state index is 2.40. The fraction of sp³-hybridized carbons (Fsp3) is 0.300. The van der Waals surface area contributed by atoms with Crippen molar-refractivity contribution in [3.05, 3.63) is 156 Å². The molecule has 267 valence electrons. The normalized spacial score (nSPS) is 15.9. The second kappa shape index (κ2) is 44.9. The van der Waals surface area contributed by atoms with Crippen LogP contribution in [0.25, 0.3) is 12.2 Å². The molecule has 4 aromatic carbocycles. The molecule has 0 aliphatic heterocycles. The van der Waals surface area contributed by atoms with Crippen molar-refractivity contribution in [2.45, 2.75) is 68.2 Å². The monoisotopic (exact) mass is 825 g/mol.